The van der Waals surface area contributed by atoms with Gasteiger partial charge in [-0.1, -0.05) is 64.0 Å². The lowest BCUT2D eigenvalue weighted by molar-refractivity contribution is -0.139. The Hall–Kier alpha value is -0.830. The molecule has 0 saturated heterocycles. The topological polar surface area (TPSA) is 57.5 Å². The van der Waals surface area contributed by atoms with Gasteiger partial charge in [0, 0.05) is 0 Å². The number of aliphatic carboxylic acids is 1. The van der Waals surface area contributed by atoms with Crippen molar-refractivity contribution >= 4 is 5.97 Å². The second-order valence-electron chi connectivity index (χ2n) is 5.92. The van der Waals surface area contributed by atoms with Crippen molar-refractivity contribution in [3.63, 3.8) is 0 Å². The molecule has 0 rings (SSSR count). The number of carboxylic acids is 1. The monoisotopic (exact) mass is 298 g/mol. The number of aliphatic hydroxyl groups is 1. The highest BCUT2D eigenvalue weighted by atomic mass is 16.4. The van der Waals surface area contributed by atoms with Crippen LogP contribution >= 0.6 is 0 Å². The first kappa shape index (κ1) is 20.2. The van der Waals surface area contributed by atoms with Crippen LogP contribution in [0.15, 0.2) is 12.2 Å². The fourth-order valence-corrected chi connectivity index (χ4v) is 2.41. The van der Waals surface area contributed by atoms with Crippen molar-refractivity contribution < 1.29 is 15.0 Å². The van der Waals surface area contributed by atoms with Crippen LogP contribution in [0.5, 0.6) is 0 Å². The molecular weight excluding hydrogens is 264 g/mol. The Bertz CT molecular complexity index is 261. The number of carboxylic acid groups (broad SMARTS) is 1. The molecule has 0 aromatic heterocycles. The van der Waals surface area contributed by atoms with E-state index in [1.54, 1.807) is 0 Å². The SMILES string of the molecule is CCCCCCCCCC/C=C\CCCC(O)CC(=O)O. The molecule has 0 heterocycles. The molecule has 1 atom stereocenters. The minimum absolute atomic E-state index is 0.137. The van der Waals surface area contributed by atoms with E-state index in [-0.39, 0.29) is 6.42 Å². The Morgan fingerprint density at radius 3 is 2.00 bits per heavy atom. The summed E-state index contributed by atoms with van der Waals surface area (Å²) in [4.78, 5) is 10.4. The standard InChI is InChI=1S/C18H34O3/c1-2-3-4-5-6-7-8-9-10-11-12-13-14-15-17(19)16-18(20)21/h11-12,17,19H,2-10,13-16H2,1H3,(H,20,21)/b12-11-. The van der Waals surface area contributed by atoms with Gasteiger partial charge < -0.3 is 10.2 Å². The lowest BCUT2D eigenvalue weighted by Gasteiger charge is -2.05. The van der Waals surface area contributed by atoms with Gasteiger partial charge in [0.1, 0.15) is 0 Å². The zero-order valence-corrected chi connectivity index (χ0v) is 13.7. The van der Waals surface area contributed by atoms with Crippen molar-refractivity contribution in [1.82, 2.24) is 0 Å². The minimum Gasteiger partial charge on any atom is -0.481 e. The van der Waals surface area contributed by atoms with Crippen LogP contribution in [-0.4, -0.2) is 22.3 Å². The van der Waals surface area contributed by atoms with E-state index in [1.807, 2.05) is 0 Å². The van der Waals surface area contributed by atoms with Gasteiger partial charge in [0.05, 0.1) is 12.5 Å². The second kappa shape index (κ2) is 15.6. The summed E-state index contributed by atoms with van der Waals surface area (Å²) in [5, 5.41) is 17.9. The molecule has 1 unspecified atom stereocenters. The molecule has 0 saturated carbocycles. The fourth-order valence-electron chi connectivity index (χ4n) is 2.41. The number of aliphatic hydroxyl groups excluding tert-OH is 1. The predicted molar refractivity (Wildman–Crippen MR) is 88.5 cm³/mol. The summed E-state index contributed by atoms with van der Waals surface area (Å²) in [7, 11) is 0. The molecule has 3 nitrogen and oxygen atoms in total. The van der Waals surface area contributed by atoms with Crippen LogP contribution in [-0.2, 0) is 4.79 Å². The first-order valence-electron chi connectivity index (χ1n) is 8.71. The highest BCUT2D eigenvalue weighted by Crippen LogP contribution is 2.10. The van der Waals surface area contributed by atoms with Gasteiger partial charge in [-0.2, -0.15) is 0 Å². The van der Waals surface area contributed by atoms with E-state index >= 15 is 0 Å². The first-order chi connectivity index (χ1) is 10.2. The van der Waals surface area contributed by atoms with Crippen molar-refractivity contribution in [2.45, 2.75) is 96.5 Å². The molecule has 0 aromatic carbocycles. The van der Waals surface area contributed by atoms with Crippen LogP contribution in [0, 0.1) is 0 Å². The number of unbranched alkanes of at least 4 members (excludes halogenated alkanes) is 9. The van der Waals surface area contributed by atoms with Crippen LogP contribution in [0.3, 0.4) is 0 Å². The molecule has 3 heteroatoms. The van der Waals surface area contributed by atoms with Crippen molar-refractivity contribution in [3.8, 4) is 0 Å². The van der Waals surface area contributed by atoms with E-state index in [4.69, 9.17) is 5.11 Å². The Balaban J connectivity index is 3.20. The highest BCUT2D eigenvalue weighted by molar-refractivity contribution is 5.67. The molecule has 21 heavy (non-hydrogen) atoms. The maximum atomic E-state index is 10.4. The smallest absolute Gasteiger partial charge is 0.305 e. The van der Waals surface area contributed by atoms with E-state index in [2.05, 4.69) is 19.1 Å². The quantitative estimate of drug-likeness (QED) is 0.327. The summed E-state index contributed by atoms with van der Waals surface area (Å²) in [5.41, 5.74) is 0. The molecule has 2 N–H and O–H groups in total. The maximum absolute atomic E-state index is 10.4. The molecule has 0 amide bonds. The molecule has 0 spiro atoms. The Morgan fingerprint density at radius 1 is 0.905 bits per heavy atom. The zero-order valence-electron chi connectivity index (χ0n) is 13.7. The van der Waals surface area contributed by atoms with Crippen molar-refractivity contribution in [1.29, 1.82) is 0 Å². The normalized spacial score (nSPS) is 12.9. The Labute approximate surface area is 130 Å². The van der Waals surface area contributed by atoms with E-state index < -0.39 is 12.1 Å². The molecular formula is C18H34O3. The molecule has 0 bridgehead atoms. The van der Waals surface area contributed by atoms with Crippen LogP contribution in [0.2, 0.25) is 0 Å². The number of allylic oxidation sites excluding steroid dienone is 2. The van der Waals surface area contributed by atoms with Crippen molar-refractivity contribution in [2.75, 3.05) is 0 Å². The summed E-state index contributed by atoms with van der Waals surface area (Å²) in [5.74, 6) is -0.923. The Kier molecular flexibility index (Phi) is 14.9. The number of hydrogen-bond acceptors (Lipinski definition) is 2. The van der Waals surface area contributed by atoms with Gasteiger partial charge in [0.2, 0.25) is 0 Å². The van der Waals surface area contributed by atoms with Crippen LogP contribution < -0.4 is 0 Å². The molecule has 0 aromatic rings. The number of hydrogen-bond donors (Lipinski definition) is 2. The van der Waals surface area contributed by atoms with E-state index in [1.165, 1.54) is 51.4 Å². The minimum atomic E-state index is -0.923. The van der Waals surface area contributed by atoms with E-state index in [9.17, 15) is 9.90 Å². The van der Waals surface area contributed by atoms with Gasteiger partial charge >= 0.3 is 5.97 Å². The molecule has 0 fully saturated rings. The Morgan fingerprint density at radius 2 is 1.43 bits per heavy atom. The van der Waals surface area contributed by atoms with Crippen LogP contribution in [0.4, 0.5) is 0 Å². The predicted octanol–water partition coefficient (Wildman–Crippen LogP) is 5.08. The summed E-state index contributed by atoms with van der Waals surface area (Å²) in [6.07, 6.45) is 17.9. The highest BCUT2D eigenvalue weighted by Gasteiger charge is 2.07. The summed E-state index contributed by atoms with van der Waals surface area (Å²) < 4.78 is 0. The third-order valence-electron chi connectivity index (χ3n) is 3.71. The van der Waals surface area contributed by atoms with Crippen LogP contribution in [0.1, 0.15) is 90.4 Å². The number of carbonyl (C=O) groups is 1. The molecule has 124 valence electrons. The van der Waals surface area contributed by atoms with E-state index in [0.717, 1.165) is 19.3 Å². The third-order valence-corrected chi connectivity index (χ3v) is 3.71. The lowest BCUT2D eigenvalue weighted by Crippen LogP contribution is -2.12. The molecule has 0 radical (unpaired) electrons. The van der Waals surface area contributed by atoms with Crippen molar-refractivity contribution in [3.05, 3.63) is 12.2 Å². The zero-order chi connectivity index (χ0) is 15.8. The maximum Gasteiger partial charge on any atom is 0.305 e. The van der Waals surface area contributed by atoms with Gasteiger partial charge in [0.15, 0.2) is 0 Å². The van der Waals surface area contributed by atoms with Gasteiger partial charge in [-0.3, -0.25) is 4.79 Å². The van der Waals surface area contributed by atoms with Gasteiger partial charge in [-0.15, -0.1) is 0 Å². The fraction of sp³-hybridized carbons (Fsp3) is 0.833. The largest absolute Gasteiger partial charge is 0.481 e. The molecule has 0 aliphatic rings. The van der Waals surface area contributed by atoms with Gasteiger partial charge in [-0.25, -0.2) is 0 Å². The lowest BCUT2D eigenvalue weighted by atomic mass is 10.1. The van der Waals surface area contributed by atoms with Gasteiger partial charge in [0.25, 0.3) is 0 Å². The summed E-state index contributed by atoms with van der Waals surface area (Å²) in [6, 6.07) is 0. The van der Waals surface area contributed by atoms with E-state index in [0.29, 0.717) is 6.42 Å². The first-order valence-corrected chi connectivity index (χ1v) is 8.71. The average Bonchev–Trinajstić information content (AvgIpc) is 2.43. The third kappa shape index (κ3) is 17.1. The number of rotatable bonds is 15. The summed E-state index contributed by atoms with van der Waals surface area (Å²) >= 11 is 0. The van der Waals surface area contributed by atoms with Gasteiger partial charge in [-0.05, 0) is 32.1 Å². The van der Waals surface area contributed by atoms with Crippen LogP contribution in [0.25, 0.3) is 0 Å². The van der Waals surface area contributed by atoms with Crippen molar-refractivity contribution in [2.24, 2.45) is 0 Å². The summed E-state index contributed by atoms with van der Waals surface area (Å²) in [6.45, 7) is 2.25. The average molecular weight is 298 g/mol. The molecule has 0 aliphatic heterocycles. The molecule has 0 aliphatic carbocycles. The second-order valence-corrected chi connectivity index (χ2v) is 5.92.